The molecule has 0 saturated heterocycles. The lowest BCUT2D eigenvalue weighted by molar-refractivity contribution is 0.397. The van der Waals surface area contributed by atoms with Crippen LogP contribution in [0.25, 0.3) is 11.1 Å². The highest BCUT2D eigenvalue weighted by atomic mass is 16.5. The van der Waals surface area contributed by atoms with Crippen molar-refractivity contribution < 1.29 is 14.6 Å². The molecule has 0 aliphatic heterocycles. The Morgan fingerprint density at radius 1 is 1.06 bits per heavy atom. The van der Waals surface area contributed by atoms with E-state index < -0.39 is 0 Å². The number of nitrogens with zero attached hydrogens (tertiary/aromatic N) is 1. The molecule has 17 heavy (non-hydrogen) atoms. The summed E-state index contributed by atoms with van der Waals surface area (Å²) in [7, 11) is 3.18. The topological polar surface area (TPSA) is 51.6 Å². The van der Waals surface area contributed by atoms with Gasteiger partial charge < -0.3 is 14.6 Å². The van der Waals surface area contributed by atoms with Gasteiger partial charge in [0.25, 0.3) is 0 Å². The van der Waals surface area contributed by atoms with Crippen LogP contribution in [0.5, 0.6) is 17.2 Å². The zero-order valence-corrected chi connectivity index (χ0v) is 9.68. The Balaban J connectivity index is 2.64. The van der Waals surface area contributed by atoms with E-state index in [1.807, 2.05) is 18.2 Å². The second-order valence-electron chi connectivity index (χ2n) is 3.47. The lowest BCUT2D eigenvalue weighted by Gasteiger charge is -2.12. The van der Waals surface area contributed by atoms with Crippen molar-refractivity contribution in [3.05, 3.63) is 36.7 Å². The van der Waals surface area contributed by atoms with Crippen LogP contribution in [0.15, 0.2) is 36.7 Å². The normalized spacial score (nSPS) is 10.0. The van der Waals surface area contributed by atoms with Crippen molar-refractivity contribution in [2.24, 2.45) is 0 Å². The summed E-state index contributed by atoms with van der Waals surface area (Å²) in [4.78, 5) is 3.95. The Morgan fingerprint density at radius 3 is 2.24 bits per heavy atom. The minimum Gasteiger partial charge on any atom is -0.506 e. The summed E-state index contributed by atoms with van der Waals surface area (Å²) in [5, 5.41) is 9.46. The smallest absolute Gasteiger partial charge is 0.134 e. The highest BCUT2D eigenvalue weighted by Gasteiger charge is 2.12. The first-order chi connectivity index (χ1) is 8.26. The van der Waals surface area contributed by atoms with E-state index in [0.29, 0.717) is 11.5 Å². The molecule has 2 rings (SSSR count). The number of hydrogen-bond acceptors (Lipinski definition) is 4. The monoisotopic (exact) mass is 231 g/mol. The first kappa shape index (κ1) is 11.3. The predicted octanol–water partition coefficient (Wildman–Crippen LogP) is 2.47. The van der Waals surface area contributed by atoms with E-state index >= 15 is 0 Å². The van der Waals surface area contributed by atoms with Crippen LogP contribution in [0, 0.1) is 0 Å². The van der Waals surface area contributed by atoms with Gasteiger partial charge in [-0.25, -0.2) is 0 Å². The van der Waals surface area contributed by atoms with Gasteiger partial charge in [-0.05, 0) is 18.2 Å². The number of rotatable bonds is 3. The molecule has 88 valence electrons. The molecule has 4 nitrogen and oxygen atoms in total. The molecule has 0 aliphatic rings. The van der Waals surface area contributed by atoms with Crippen LogP contribution in [0.3, 0.4) is 0 Å². The number of ether oxygens (including phenoxy) is 2. The highest BCUT2D eigenvalue weighted by Crippen LogP contribution is 2.38. The van der Waals surface area contributed by atoms with E-state index in [1.54, 1.807) is 26.5 Å². The zero-order valence-electron chi connectivity index (χ0n) is 9.68. The van der Waals surface area contributed by atoms with Crippen LogP contribution in [0.2, 0.25) is 0 Å². The molecule has 4 heteroatoms. The highest BCUT2D eigenvalue weighted by molar-refractivity contribution is 5.76. The minimum atomic E-state index is 0.107. The second kappa shape index (κ2) is 4.74. The summed E-state index contributed by atoms with van der Waals surface area (Å²) in [6, 6.07) is 7.13. The molecule has 0 spiro atoms. The fraction of sp³-hybridized carbons (Fsp3) is 0.154. The van der Waals surface area contributed by atoms with Crippen LogP contribution < -0.4 is 9.47 Å². The van der Waals surface area contributed by atoms with Crippen molar-refractivity contribution in [2.75, 3.05) is 14.2 Å². The molecule has 0 aliphatic carbocycles. The van der Waals surface area contributed by atoms with Crippen molar-refractivity contribution in [2.45, 2.75) is 0 Å². The van der Waals surface area contributed by atoms with Gasteiger partial charge >= 0.3 is 0 Å². The predicted molar refractivity (Wildman–Crippen MR) is 64.4 cm³/mol. The average Bonchev–Trinajstić information content (AvgIpc) is 2.37. The Kier molecular flexibility index (Phi) is 3.14. The van der Waals surface area contributed by atoms with E-state index in [9.17, 15) is 5.11 Å². The summed E-state index contributed by atoms with van der Waals surface area (Å²) in [6.45, 7) is 0. The van der Waals surface area contributed by atoms with Gasteiger partial charge in [0.2, 0.25) is 0 Å². The molecule has 1 N–H and O–H groups in total. The maximum Gasteiger partial charge on any atom is 0.134 e. The van der Waals surface area contributed by atoms with Gasteiger partial charge in [-0.15, -0.1) is 0 Å². The fourth-order valence-corrected chi connectivity index (χ4v) is 1.70. The van der Waals surface area contributed by atoms with Crippen molar-refractivity contribution in [3.63, 3.8) is 0 Å². The third-order valence-corrected chi connectivity index (χ3v) is 2.44. The number of benzene rings is 1. The van der Waals surface area contributed by atoms with Gasteiger partial charge in [0.15, 0.2) is 0 Å². The molecule has 2 aromatic rings. The Bertz CT molecular complexity index is 504. The number of pyridine rings is 1. The first-order valence-corrected chi connectivity index (χ1v) is 5.11. The largest absolute Gasteiger partial charge is 0.506 e. The van der Waals surface area contributed by atoms with Gasteiger partial charge in [0.05, 0.1) is 26.0 Å². The van der Waals surface area contributed by atoms with Crippen LogP contribution in [0.4, 0.5) is 0 Å². The molecule has 1 heterocycles. The first-order valence-electron chi connectivity index (χ1n) is 5.11. The Morgan fingerprint density at radius 2 is 1.71 bits per heavy atom. The summed E-state index contributed by atoms with van der Waals surface area (Å²) in [6.07, 6.45) is 3.03. The van der Waals surface area contributed by atoms with Crippen LogP contribution in [-0.2, 0) is 0 Å². The molecule has 0 unspecified atom stereocenters. The minimum absolute atomic E-state index is 0.107. The van der Waals surface area contributed by atoms with E-state index in [0.717, 1.165) is 11.1 Å². The molecule has 0 radical (unpaired) electrons. The number of hydrogen-bond donors (Lipinski definition) is 1. The second-order valence-corrected chi connectivity index (χ2v) is 3.47. The maximum atomic E-state index is 9.46. The number of aromatic nitrogens is 1. The van der Waals surface area contributed by atoms with Gasteiger partial charge in [-0.2, -0.15) is 0 Å². The summed E-state index contributed by atoms with van der Waals surface area (Å²) in [5.74, 6) is 1.46. The van der Waals surface area contributed by atoms with E-state index in [1.165, 1.54) is 6.20 Å². The molecule has 0 amide bonds. The maximum absolute atomic E-state index is 9.46. The van der Waals surface area contributed by atoms with Crippen molar-refractivity contribution >= 4 is 0 Å². The van der Waals surface area contributed by atoms with Crippen LogP contribution >= 0.6 is 0 Å². The molecule has 0 bridgehead atoms. The van der Waals surface area contributed by atoms with Gasteiger partial charge in [0.1, 0.15) is 17.2 Å². The van der Waals surface area contributed by atoms with E-state index in [2.05, 4.69) is 4.98 Å². The Labute approximate surface area is 99.5 Å². The zero-order chi connectivity index (χ0) is 12.3. The average molecular weight is 231 g/mol. The lowest BCUT2D eigenvalue weighted by Crippen LogP contribution is -1.93. The lowest BCUT2D eigenvalue weighted by atomic mass is 10.1. The van der Waals surface area contributed by atoms with Crippen molar-refractivity contribution in [3.8, 4) is 28.4 Å². The summed E-state index contributed by atoms with van der Waals surface area (Å²) >= 11 is 0. The molecule has 1 aromatic carbocycles. The SMILES string of the molecule is COc1cccc(OC)c1-c1cncc(O)c1. The Hall–Kier alpha value is -2.23. The molecule has 0 saturated carbocycles. The molecule has 1 aromatic heterocycles. The van der Waals surface area contributed by atoms with E-state index in [-0.39, 0.29) is 5.75 Å². The van der Waals surface area contributed by atoms with Crippen molar-refractivity contribution in [1.82, 2.24) is 4.98 Å². The quantitative estimate of drug-likeness (QED) is 0.881. The molecular formula is C13H13NO3. The third-order valence-electron chi connectivity index (χ3n) is 2.44. The number of methoxy groups -OCH3 is 2. The fourth-order valence-electron chi connectivity index (χ4n) is 1.70. The van der Waals surface area contributed by atoms with Gasteiger partial charge in [0, 0.05) is 11.8 Å². The number of aromatic hydroxyl groups is 1. The van der Waals surface area contributed by atoms with Gasteiger partial charge in [-0.3, -0.25) is 4.98 Å². The standard InChI is InChI=1S/C13H13NO3/c1-16-11-4-3-5-12(17-2)13(11)9-6-10(15)8-14-7-9/h3-8,15H,1-2H3. The molecule has 0 atom stereocenters. The molecule has 0 fully saturated rings. The molecular weight excluding hydrogens is 218 g/mol. The summed E-state index contributed by atoms with van der Waals surface area (Å²) < 4.78 is 10.6. The third kappa shape index (κ3) is 2.15. The van der Waals surface area contributed by atoms with Crippen LogP contribution in [-0.4, -0.2) is 24.3 Å². The van der Waals surface area contributed by atoms with Crippen molar-refractivity contribution in [1.29, 1.82) is 0 Å². The van der Waals surface area contributed by atoms with Crippen LogP contribution in [0.1, 0.15) is 0 Å². The van der Waals surface area contributed by atoms with Gasteiger partial charge in [-0.1, -0.05) is 6.07 Å². The van der Waals surface area contributed by atoms with E-state index in [4.69, 9.17) is 9.47 Å². The summed E-state index contributed by atoms with van der Waals surface area (Å²) in [5.41, 5.74) is 1.53.